The molecule has 162 valence electrons. The Morgan fingerprint density at radius 1 is 1.06 bits per heavy atom. The molecule has 0 amide bonds. The zero-order chi connectivity index (χ0) is 22.9. The van der Waals surface area contributed by atoms with Crippen LogP contribution in [0.25, 0.3) is 6.08 Å². The summed E-state index contributed by atoms with van der Waals surface area (Å²) < 4.78 is 23.2. The van der Waals surface area contributed by atoms with Crippen LogP contribution in [-0.2, 0) is 14.8 Å². The predicted molar refractivity (Wildman–Crippen MR) is 122 cm³/mol. The van der Waals surface area contributed by atoms with Crippen LogP contribution in [0.1, 0.15) is 24.8 Å². The summed E-state index contributed by atoms with van der Waals surface area (Å²) >= 11 is 0. The number of nitrogens with zero attached hydrogens (tertiary/aromatic N) is 2. The lowest BCUT2D eigenvalue weighted by atomic mass is 9.78. The van der Waals surface area contributed by atoms with Gasteiger partial charge in [-0.3, -0.25) is 9.69 Å². The zero-order valence-electron chi connectivity index (χ0n) is 17.2. The van der Waals surface area contributed by atoms with Crippen molar-refractivity contribution in [3.8, 4) is 6.07 Å². The van der Waals surface area contributed by atoms with Gasteiger partial charge in [0.2, 0.25) is 10.0 Å². The molecule has 1 aliphatic heterocycles. The van der Waals surface area contributed by atoms with Crippen LogP contribution in [0.5, 0.6) is 0 Å². The van der Waals surface area contributed by atoms with E-state index in [0.29, 0.717) is 30.5 Å². The summed E-state index contributed by atoms with van der Waals surface area (Å²) in [6, 6.07) is 17.7. The Bertz CT molecular complexity index is 1300. The highest BCUT2D eigenvalue weighted by Gasteiger charge is 2.38. The number of hydrogen-bond acceptors (Lipinski definition) is 6. The van der Waals surface area contributed by atoms with Gasteiger partial charge in [0.1, 0.15) is 5.82 Å². The molecule has 0 radical (unpaired) electrons. The predicted octanol–water partition coefficient (Wildman–Crippen LogP) is 3.18. The molecule has 0 fully saturated rings. The van der Waals surface area contributed by atoms with Gasteiger partial charge in [0.15, 0.2) is 5.78 Å². The molecule has 32 heavy (non-hydrogen) atoms. The molecule has 1 aliphatic carbocycles. The number of nitrogens with two attached hydrogens (primary N) is 2. The van der Waals surface area contributed by atoms with Crippen LogP contribution in [0.15, 0.2) is 88.2 Å². The molecule has 4 N–H and O–H groups in total. The van der Waals surface area contributed by atoms with E-state index in [4.69, 9.17) is 10.9 Å². The molecule has 7 nitrogen and oxygen atoms in total. The highest BCUT2D eigenvalue weighted by molar-refractivity contribution is 7.89. The molecule has 0 spiro atoms. The molecular weight excluding hydrogens is 424 g/mol. The maximum Gasteiger partial charge on any atom is 0.238 e. The van der Waals surface area contributed by atoms with E-state index in [9.17, 15) is 18.5 Å². The monoisotopic (exact) mass is 446 g/mol. The summed E-state index contributed by atoms with van der Waals surface area (Å²) in [4.78, 5) is 14.7. The first-order chi connectivity index (χ1) is 15.3. The molecule has 4 rings (SSSR count). The van der Waals surface area contributed by atoms with Gasteiger partial charge in [0.25, 0.3) is 0 Å². The highest BCUT2D eigenvalue weighted by Crippen LogP contribution is 2.42. The van der Waals surface area contributed by atoms with Gasteiger partial charge in [-0.15, -0.1) is 0 Å². The fraction of sp³-hybridized carbons (Fsp3) is 0.167. The largest absolute Gasteiger partial charge is 0.384 e. The summed E-state index contributed by atoms with van der Waals surface area (Å²) in [6.45, 7) is 0. The van der Waals surface area contributed by atoms with Gasteiger partial charge in [-0.05, 0) is 42.7 Å². The fourth-order valence-electron chi connectivity index (χ4n) is 4.17. The third-order valence-electron chi connectivity index (χ3n) is 5.66. The molecule has 1 unspecified atom stereocenters. The molecule has 2 aliphatic rings. The normalized spacial score (nSPS) is 19.3. The number of carbonyl (C=O) groups is 1. The van der Waals surface area contributed by atoms with Crippen molar-refractivity contribution in [2.24, 2.45) is 16.8 Å². The third kappa shape index (κ3) is 3.96. The minimum Gasteiger partial charge on any atom is -0.384 e. The van der Waals surface area contributed by atoms with Crippen molar-refractivity contribution in [2.75, 3.05) is 4.90 Å². The van der Waals surface area contributed by atoms with Crippen LogP contribution >= 0.6 is 0 Å². The lowest BCUT2D eigenvalue weighted by molar-refractivity contribution is -0.116. The maximum absolute atomic E-state index is 13.0. The van der Waals surface area contributed by atoms with Crippen LogP contribution in [0.4, 0.5) is 5.69 Å². The summed E-state index contributed by atoms with van der Waals surface area (Å²) in [5.74, 6) is -0.324. The molecule has 0 aromatic heterocycles. The van der Waals surface area contributed by atoms with Crippen molar-refractivity contribution in [1.29, 1.82) is 5.26 Å². The van der Waals surface area contributed by atoms with E-state index in [2.05, 4.69) is 6.07 Å². The van der Waals surface area contributed by atoms with Crippen molar-refractivity contribution < 1.29 is 13.2 Å². The van der Waals surface area contributed by atoms with Gasteiger partial charge in [0.05, 0.1) is 16.5 Å². The molecule has 0 bridgehead atoms. The fourth-order valence-corrected chi connectivity index (χ4v) is 4.69. The Morgan fingerprint density at radius 2 is 1.75 bits per heavy atom. The first kappa shape index (κ1) is 21.6. The van der Waals surface area contributed by atoms with Crippen molar-refractivity contribution >= 4 is 27.6 Å². The number of Topliss-reactive ketones (excluding diaryl/α,β-unsaturated/α-hetero) is 1. The van der Waals surface area contributed by atoms with Crippen LogP contribution in [0.2, 0.25) is 0 Å². The van der Waals surface area contributed by atoms with Crippen molar-refractivity contribution in [2.45, 2.75) is 24.2 Å². The number of benzene rings is 2. The van der Waals surface area contributed by atoms with Crippen molar-refractivity contribution in [3.05, 3.63) is 88.9 Å². The second-order valence-electron chi connectivity index (χ2n) is 7.67. The molecule has 0 saturated carbocycles. The van der Waals surface area contributed by atoms with E-state index in [-0.39, 0.29) is 22.1 Å². The van der Waals surface area contributed by atoms with E-state index in [1.807, 2.05) is 42.5 Å². The Labute approximate surface area is 187 Å². The lowest BCUT2D eigenvalue weighted by Gasteiger charge is -2.38. The Balaban J connectivity index is 1.84. The number of sulfonamides is 1. The van der Waals surface area contributed by atoms with Crippen LogP contribution in [0, 0.1) is 17.2 Å². The van der Waals surface area contributed by atoms with Crippen LogP contribution in [-0.4, -0.2) is 14.2 Å². The van der Waals surface area contributed by atoms with Gasteiger partial charge >= 0.3 is 0 Å². The van der Waals surface area contributed by atoms with Gasteiger partial charge in [-0.25, -0.2) is 13.6 Å². The van der Waals surface area contributed by atoms with Crippen LogP contribution < -0.4 is 15.8 Å². The minimum absolute atomic E-state index is 0.0135. The van der Waals surface area contributed by atoms with Gasteiger partial charge in [0, 0.05) is 29.3 Å². The van der Waals surface area contributed by atoms with Gasteiger partial charge in [-0.2, -0.15) is 5.26 Å². The maximum atomic E-state index is 13.0. The molecule has 1 heterocycles. The summed E-state index contributed by atoms with van der Waals surface area (Å²) in [5.41, 5.74) is 9.56. The standard InChI is InChI=1S/C24H22N4O3S/c25-15-20-19(14-9-16-5-2-1-3-6-16)23-21(7-4-8-22(23)29)28(24(20)26)17-10-12-18(13-11-17)32(27,30)31/h1-3,5-6,9-14,19H,4,7-8,26H2,(H2,27,30,31)/b14-9+. The summed E-state index contributed by atoms with van der Waals surface area (Å²) in [7, 11) is -3.84. The smallest absolute Gasteiger partial charge is 0.238 e. The number of anilines is 1. The third-order valence-corrected chi connectivity index (χ3v) is 6.59. The number of rotatable bonds is 4. The number of allylic oxidation sites excluding steroid dienone is 4. The Hall–Kier alpha value is -3.67. The summed E-state index contributed by atoms with van der Waals surface area (Å²) in [5, 5.41) is 15.1. The first-order valence-electron chi connectivity index (χ1n) is 10.1. The minimum atomic E-state index is -3.84. The SMILES string of the molecule is N#CC1=C(N)N(c2ccc(S(N)(=O)=O)cc2)C2=C(C(=O)CCC2)C1/C=C/c1ccccc1. The highest BCUT2D eigenvalue weighted by atomic mass is 32.2. The quantitative estimate of drug-likeness (QED) is 0.742. The van der Waals surface area contributed by atoms with Crippen molar-refractivity contribution in [3.63, 3.8) is 0 Å². The first-order valence-corrected chi connectivity index (χ1v) is 11.7. The van der Waals surface area contributed by atoms with Crippen molar-refractivity contribution in [1.82, 2.24) is 0 Å². The van der Waals surface area contributed by atoms with E-state index >= 15 is 0 Å². The van der Waals surface area contributed by atoms with E-state index in [1.165, 1.54) is 12.1 Å². The molecule has 1 atom stereocenters. The molecule has 2 aromatic rings. The van der Waals surface area contributed by atoms with E-state index < -0.39 is 15.9 Å². The van der Waals surface area contributed by atoms with E-state index in [0.717, 1.165) is 11.3 Å². The average molecular weight is 447 g/mol. The van der Waals surface area contributed by atoms with Crippen LogP contribution in [0.3, 0.4) is 0 Å². The zero-order valence-corrected chi connectivity index (χ0v) is 18.0. The number of nitriles is 1. The molecule has 2 aromatic carbocycles. The number of carbonyl (C=O) groups excluding carboxylic acids is 1. The molecule has 0 saturated heterocycles. The molecular formula is C24H22N4O3S. The van der Waals surface area contributed by atoms with E-state index in [1.54, 1.807) is 17.0 Å². The number of hydrogen-bond donors (Lipinski definition) is 2. The topological polar surface area (TPSA) is 130 Å². The lowest BCUT2D eigenvalue weighted by Crippen LogP contribution is -2.39. The number of primary sulfonamides is 1. The summed E-state index contributed by atoms with van der Waals surface area (Å²) in [6.07, 6.45) is 5.44. The van der Waals surface area contributed by atoms with Gasteiger partial charge in [-0.1, -0.05) is 42.5 Å². The second-order valence-corrected chi connectivity index (χ2v) is 9.23. The Morgan fingerprint density at radius 3 is 2.38 bits per heavy atom. The Kier molecular flexibility index (Phi) is 5.70. The second kappa shape index (κ2) is 8.46. The molecule has 8 heteroatoms. The average Bonchev–Trinajstić information content (AvgIpc) is 2.78. The van der Waals surface area contributed by atoms with Gasteiger partial charge < -0.3 is 5.73 Å². The number of ketones is 1.